The molecule has 0 saturated carbocycles. The normalized spacial score (nSPS) is 9.50. The summed E-state index contributed by atoms with van der Waals surface area (Å²) in [5, 5.41) is 9.03. The van der Waals surface area contributed by atoms with Crippen LogP contribution in [0.1, 0.15) is 11.1 Å². The van der Waals surface area contributed by atoms with Gasteiger partial charge in [0.15, 0.2) is 0 Å². The van der Waals surface area contributed by atoms with Crippen LogP contribution in [0.3, 0.4) is 0 Å². The van der Waals surface area contributed by atoms with Gasteiger partial charge in [-0.05, 0) is 33.6 Å². The van der Waals surface area contributed by atoms with Crippen LogP contribution in [0.15, 0.2) is 16.6 Å². The molecule has 62 valence electrons. The van der Waals surface area contributed by atoms with Crippen LogP contribution < -0.4 is 0 Å². The molecule has 0 spiro atoms. The van der Waals surface area contributed by atoms with Gasteiger partial charge in [0.2, 0.25) is 0 Å². The summed E-state index contributed by atoms with van der Waals surface area (Å²) in [6.45, 7) is 0. The number of halogens is 3. The number of hydrogen-bond donors (Lipinski definition) is 0. The lowest BCUT2D eigenvalue weighted by atomic mass is 10.1. The molecule has 1 aromatic carbocycles. The van der Waals surface area contributed by atoms with Crippen molar-refractivity contribution in [2.24, 2.45) is 0 Å². The van der Waals surface area contributed by atoms with E-state index in [-0.39, 0.29) is 5.82 Å². The number of nitriles is 1. The molecule has 0 bridgehead atoms. The molecule has 0 aliphatic carbocycles. The van der Waals surface area contributed by atoms with Crippen molar-refractivity contribution in [1.82, 2.24) is 0 Å². The molecule has 1 nitrogen and oxygen atoms in total. The van der Waals surface area contributed by atoms with Crippen LogP contribution >= 0.6 is 31.9 Å². The molecule has 0 aliphatic heterocycles. The molecule has 4 heteroatoms. The third kappa shape index (κ3) is 1.85. The van der Waals surface area contributed by atoms with Crippen LogP contribution in [-0.2, 0) is 5.33 Å². The van der Waals surface area contributed by atoms with Crippen molar-refractivity contribution in [1.29, 1.82) is 5.26 Å². The van der Waals surface area contributed by atoms with E-state index in [1.165, 1.54) is 12.1 Å². The van der Waals surface area contributed by atoms with Crippen molar-refractivity contribution in [3.05, 3.63) is 33.5 Å². The first-order chi connectivity index (χ1) is 5.69. The average molecular weight is 293 g/mol. The molecule has 0 unspecified atom stereocenters. The zero-order valence-electron chi connectivity index (χ0n) is 5.94. The van der Waals surface area contributed by atoms with Gasteiger partial charge in [0, 0.05) is 9.80 Å². The number of nitrogens with zero attached hydrogens (tertiary/aromatic N) is 1. The maximum Gasteiger partial charge on any atom is 0.128 e. The van der Waals surface area contributed by atoms with Crippen molar-refractivity contribution in [3.63, 3.8) is 0 Å². The Bertz CT molecular complexity index is 344. The lowest BCUT2D eigenvalue weighted by Gasteiger charge is -2.00. The highest BCUT2D eigenvalue weighted by molar-refractivity contribution is 9.10. The van der Waals surface area contributed by atoms with Gasteiger partial charge >= 0.3 is 0 Å². The van der Waals surface area contributed by atoms with Crippen molar-refractivity contribution < 1.29 is 4.39 Å². The van der Waals surface area contributed by atoms with E-state index in [4.69, 9.17) is 5.26 Å². The van der Waals surface area contributed by atoms with Crippen LogP contribution in [0, 0.1) is 17.1 Å². The van der Waals surface area contributed by atoms with Gasteiger partial charge in [-0.2, -0.15) is 5.26 Å². The molecule has 0 saturated heterocycles. The highest BCUT2D eigenvalue weighted by Gasteiger charge is 2.06. The van der Waals surface area contributed by atoms with Crippen molar-refractivity contribution in [2.45, 2.75) is 5.33 Å². The summed E-state index contributed by atoms with van der Waals surface area (Å²) < 4.78 is 13.5. The molecule has 0 aromatic heterocycles. The fraction of sp³-hybridized carbons (Fsp3) is 0.125. The summed E-state index contributed by atoms with van der Waals surface area (Å²) in [5.74, 6) is -0.308. The van der Waals surface area contributed by atoms with E-state index < -0.39 is 0 Å². The van der Waals surface area contributed by atoms with Crippen LogP contribution in [0.2, 0.25) is 0 Å². The first-order valence-corrected chi connectivity index (χ1v) is 5.04. The molecular formula is C8H4Br2FN. The molecule has 1 rings (SSSR count). The molecule has 0 amide bonds. The summed E-state index contributed by atoms with van der Waals surface area (Å²) in [5.41, 5.74) is 0.945. The first kappa shape index (κ1) is 9.69. The fourth-order valence-corrected chi connectivity index (χ4v) is 1.62. The highest BCUT2D eigenvalue weighted by Crippen LogP contribution is 2.21. The average Bonchev–Trinajstić information content (AvgIpc) is 2.05. The second-order valence-electron chi connectivity index (χ2n) is 2.17. The van der Waals surface area contributed by atoms with Crippen LogP contribution in [0.25, 0.3) is 0 Å². The van der Waals surface area contributed by atoms with Crippen molar-refractivity contribution in [3.8, 4) is 6.07 Å². The van der Waals surface area contributed by atoms with E-state index in [0.717, 1.165) is 0 Å². The summed E-state index contributed by atoms with van der Waals surface area (Å²) >= 11 is 6.22. The predicted molar refractivity (Wildman–Crippen MR) is 51.4 cm³/mol. The van der Waals surface area contributed by atoms with E-state index >= 15 is 0 Å². The minimum absolute atomic E-state index is 0.308. The first-order valence-electron chi connectivity index (χ1n) is 3.13. The smallest absolute Gasteiger partial charge is 0.128 e. The Morgan fingerprint density at radius 3 is 2.67 bits per heavy atom. The van der Waals surface area contributed by atoms with Gasteiger partial charge < -0.3 is 0 Å². The summed E-state index contributed by atoms with van der Waals surface area (Å²) in [6, 6.07) is 4.79. The van der Waals surface area contributed by atoms with Gasteiger partial charge in [-0.15, -0.1) is 0 Å². The Labute approximate surface area is 86.5 Å². The standard InChI is InChI=1S/C8H4Br2FN/c9-3-5-1-6(4-12)7(10)2-8(5)11/h1-2H,3H2. The fourth-order valence-electron chi connectivity index (χ4n) is 0.782. The molecule has 0 radical (unpaired) electrons. The highest BCUT2D eigenvalue weighted by atomic mass is 79.9. The van der Waals surface area contributed by atoms with E-state index in [1.807, 2.05) is 6.07 Å². The Morgan fingerprint density at radius 1 is 1.50 bits per heavy atom. The van der Waals surface area contributed by atoms with E-state index in [9.17, 15) is 4.39 Å². The lowest BCUT2D eigenvalue weighted by molar-refractivity contribution is 0.616. The third-order valence-corrected chi connectivity index (χ3v) is 2.66. The summed E-state index contributed by atoms with van der Waals surface area (Å²) in [4.78, 5) is 0. The molecule has 0 fully saturated rings. The SMILES string of the molecule is N#Cc1cc(CBr)c(F)cc1Br. The molecule has 0 N–H and O–H groups in total. The van der Waals surface area contributed by atoms with E-state index in [1.54, 1.807) is 0 Å². The van der Waals surface area contributed by atoms with Gasteiger partial charge in [-0.3, -0.25) is 0 Å². The molecule has 0 aliphatic rings. The zero-order chi connectivity index (χ0) is 9.14. The summed E-state index contributed by atoms with van der Waals surface area (Å²) in [6.07, 6.45) is 0. The lowest BCUT2D eigenvalue weighted by Crippen LogP contribution is -1.88. The number of rotatable bonds is 1. The second-order valence-corrected chi connectivity index (χ2v) is 3.58. The Kier molecular flexibility index (Phi) is 3.24. The Hall–Kier alpha value is -0.400. The number of benzene rings is 1. The van der Waals surface area contributed by atoms with Gasteiger partial charge in [-0.25, -0.2) is 4.39 Å². The van der Waals surface area contributed by atoms with Gasteiger partial charge in [0.1, 0.15) is 11.9 Å². The van der Waals surface area contributed by atoms with Gasteiger partial charge in [0.25, 0.3) is 0 Å². The van der Waals surface area contributed by atoms with Crippen LogP contribution in [0.4, 0.5) is 4.39 Å². The molecule has 12 heavy (non-hydrogen) atoms. The zero-order valence-corrected chi connectivity index (χ0v) is 9.11. The van der Waals surface area contributed by atoms with Gasteiger partial charge in [0.05, 0.1) is 5.56 Å². The predicted octanol–water partition coefficient (Wildman–Crippen LogP) is 3.35. The molecule has 0 heterocycles. The van der Waals surface area contributed by atoms with Crippen molar-refractivity contribution >= 4 is 31.9 Å². The molecular weight excluding hydrogens is 289 g/mol. The minimum atomic E-state index is -0.308. The monoisotopic (exact) mass is 291 g/mol. The quantitative estimate of drug-likeness (QED) is 0.728. The minimum Gasteiger partial charge on any atom is -0.207 e. The van der Waals surface area contributed by atoms with E-state index in [0.29, 0.717) is 20.9 Å². The van der Waals surface area contributed by atoms with E-state index in [2.05, 4.69) is 31.9 Å². The maximum atomic E-state index is 13.0. The van der Waals surface area contributed by atoms with Crippen molar-refractivity contribution in [2.75, 3.05) is 0 Å². The summed E-state index contributed by atoms with van der Waals surface area (Å²) in [7, 11) is 0. The van der Waals surface area contributed by atoms with Crippen LogP contribution in [0.5, 0.6) is 0 Å². The molecule has 1 aromatic rings. The molecule has 0 atom stereocenters. The largest absolute Gasteiger partial charge is 0.207 e. The Balaban J connectivity index is 3.30. The van der Waals surface area contributed by atoms with Gasteiger partial charge in [-0.1, -0.05) is 15.9 Å². The second kappa shape index (κ2) is 4.01. The maximum absolute atomic E-state index is 13.0. The Morgan fingerprint density at radius 2 is 2.17 bits per heavy atom. The number of hydrogen-bond acceptors (Lipinski definition) is 1. The van der Waals surface area contributed by atoms with Crippen LogP contribution in [-0.4, -0.2) is 0 Å². The third-order valence-electron chi connectivity index (χ3n) is 1.40. The topological polar surface area (TPSA) is 23.8 Å². The number of alkyl halides is 1.